The molecule has 6 nitrogen and oxygen atoms in total. The monoisotopic (exact) mass is 322 g/mol. The van der Waals surface area contributed by atoms with Crippen molar-refractivity contribution in [2.75, 3.05) is 0 Å². The van der Waals surface area contributed by atoms with Gasteiger partial charge in [0, 0.05) is 6.92 Å². The average molecular weight is 322 g/mol. The Bertz CT molecular complexity index is 810. The SMILES string of the molecule is CC(=O)N(C(=O)Cc1ccccc1)N1C(=O)c2ccccc2C1=O. The van der Waals surface area contributed by atoms with Crippen molar-refractivity contribution in [3.63, 3.8) is 0 Å². The van der Waals surface area contributed by atoms with Crippen LogP contribution in [0.1, 0.15) is 33.2 Å². The number of nitrogens with zero attached hydrogens (tertiary/aromatic N) is 2. The van der Waals surface area contributed by atoms with Crippen LogP contribution in [0.15, 0.2) is 54.6 Å². The van der Waals surface area contributed by atoms with Gasteiger partial charge in [-0.2, -0.15) is 10.0 Å². The van der Waals surface area contributed by atoms with Gasteiger partial charge < -0.3 is 0 Å². The van der Waals surface area contributed by atoms with Gasteiger partial charge in [-0.05, 0) is 17.7 Å². The number of carbonyl (C=O) groups is 4. The van der Waals surface area contributed by atoms with E-state index >= 15 is 0 Å². The highest BCUT2D eigenvalue weighted by Gasteiger charge is 2.42. The summed E-state index contributed by atoms with van der Waals surface area (Å²) in [5.74, 6) is -2.67. The van der Waals surface area contributed by atoms with Crippen molar-refractivity contribution < 1.29 is 19.2 Å². The van der Waals surface area contributed by atoms with Crippen molar-refractivity contribution in [3.05, 3.63) is 71.3 Å². The van der Waals surface area contributed by atoms with Crippen molar-refractivity contribution in [2.24, 2.45) is 0 Å². The fourth-order valence-corrected chi connectivity index (χ4v) is 2.63. The van der Waals surface area contributed by atoms with Crippen molar-refractivity contribution >= 4 is 23.6 Å². The summed E-state index contributed by atoms with van der Waals surface area (Å²) in [7, 11) is 0. The van der Waals surface area contributed by atoms with Gasteiger partial charge in [-0.1, -0.05) is 42.5 Å². The quantitative estimate of drug-likeness (QED) is 0.808. The van der Waals surface area contributed by atoms with Crippen LogP contribution in [0.3, 0.4) is 0 Å². The van der Waals surface area contributed by atoms with Gasteiger partial charge in [-0.15, -0.1) is 0 Å². The minimum atomic E-state index is -0.689. The molecule has 0 N–H and O–H groups in total. The zero-order valence-corrected chi connectivity index (χ0v) is 12.9. The lowest BCUT2D eigenvalue weighted by atomic mass is 10.1. The highest BCUT2D eigenvalue weighted by Crippen LogP contribution is 2.24. The van der Waals surface area contributed by atoms with Crippen molar-refractivity contribution in [2.45, 2.75) is 13.3 Å². The van der Waals surface area contributed by atoms with E-state index in [2.05, 4.69) is 0 Å². The number of fused-ring (bicyclic) bond motifs is 1. The fourth-order valence-electron chi connectivity index (χ4n) is 2.63. The molecule has 0 spiro atoms. The Morgan fingerprint density at radius 1 is 0.875 bits per heavy atom. The molecule has 1 aliphatic rings. The Morgan fingerprint density at radius 2 is 1.38 bits per heavy atom. The van der Waals surface area contributed by atoms with E-state index in [1.807, 2.05) is 0 Å². The van der Waals surface area contributed by atoms with Crippen LogP contribution in [0.4, 0.5) is 0 Å². The second-order valence-corrected chi connectivity index (χ2v) is 5.35. The number of imide groups is 2. The Morgan fingerprint density at radius 3 is 1.88 bits per heavy atom. The van der Waals surface area contributed by atoms with E-state index in [1.54, 1.807) is 42.5 Å². The van der Waals surface area contributed by atoms with Gasteiger partial charge in [0.15, 0.2) is 0 Å². The molecule has 1 aliphatic heterocycles. The van der Waals surface area contributed by atoms with Crippen molar-refractivity contribution in [3.8, 4) is 0 Å². The summed E-state index contributed by atoms with van der Waals surface area (Å²) in [6.45, 7) is 1.15. The van der Waals surface area contributed by atoms with Gasteiger partial charge in [0.1, 0.15) is 0 Å². The van der Waals surface area contributed by atoms with Gasteiger partial charge in [-0.3, -0.25) is 19.2 Å². The van der Waals surface area contributed by atoms with E-state index < -0.39 is 23.6 Å². The summed E-state index contributed by atoms with van der Waals surface area (Å²) in [6.07, 6.45) is -0.0895. The Kier molecular flexibility index (Phi) is 3.95. The summed E-state index contributed by atoms with van der Waals surface area (Å²) in [6, 6.07) is 15.0. The summed E-state index contributed by atoms with van der Waals surface area (Å²) in [4.78, 5) is 49.4. The number of hydrogen-bond acceptors (Lipinski definition) is 4. The van der Waals surface area contributed by atoms with Crippen LogP contribution in [0.25, 0.3) is 0 Å². The molecule has 2 aromatic rings. The van der Waals surface area contributed by atoms with E-state index in [-0.39, 0.29) is 17.5 Å². The Balaban J connectivity index is 1.92. The molecule has 0 aromatic heterocycles. The predicted molar refractivity (Wildman–Crippen MR) is 84.6 cm³/mol. The molecular formula is C18H14N2O4. The van der Waals surface area contributed by atoms with E-state index in [4.69, 9.17) is 0 Å². The van der Waals surface area contributed by atoms with Gasteiger partial charge in [0.2, 0.25) is 5.91 Å². The van der Waals surface area contributed by atoms with Crippen molar-refractivity contribution in [1.29, 1.82) is 0 Å². The van der Waals surface area contributed by atoms with Crippen LogP contribution in [-0.4, -0.2) is 33.6 Å². The zero-order valence-electron chi connectivity index (χ0n) is 12.9. The molecule has 0 atom stereocenters. The first-order valence-electron chi connectivity index (χ1n) is 7.36. The van der Waals surface area contributed by atoms with Crippen LogP contribution in [-0.2, 0) is 16.0 Å². The van der Waals surface area contributed by atoms with E-state index in [0.29, 0.717) is 15.6 Å². The second kappa shape index (κ2) is 6.08. The molecule has 3 rings (SSSR count). The largest absolute Gasteiger partial charge is 0.281 e. The molecule has 0 fully saturated rings. The lowest BCUT2D eigenvalue weighted by molar-refractivity contribution is -0.154. The molecule has 2 aromatic carbocycles. The minimum absolute atomic E-state index is 0.0895. The number of hydrazine groups is 1. The molecule has 0 saturated carbocycles. The topological polar surface area (TPSA) is 74.8 Å². The number of benzene rings is 2. The molecule has 4 amide bonds. The second-order valence-electron chi connectivity index (χ2n) is 5.35. The molecule has 1 heterocycles. The fraction of sp³-hybridized carbons (Fsp3) is 0.111. The van der Waals surface area contributed by atoms with E-state index in [9.17, 15) is 19.2 Å². The van der Waals surface area contributed by atoms with Gasteiger partial charge in [0.05, 0.1) is 17.5 Å². The predicted octanol–water partition coefficient (Wildman–Crippen LogP) is 1.82. The molecule has 0 unspecified atom stereocenters. The third kappa shape index (κ3) is 2.58. The third-order valence-electron chi connectivity index (χ3n) is 3.71. The molecule has 0 radical (unpaired) electrons. The normalized spacial score (nSPS) is 13.0. The van der Waals surface area contributed by atoms with Crippen LogP contribution >= 0.6 is 0 Å². The number of hydrogen-bond donors (Lipinski definition) is 0. The molecule has 6 heteroatoms. The standard InChI is InChI=1S/C18H14N2O4/c1-12(21)19(16(22)11-13-7-3-2-4-8-13)20-17(23)14-9-5-6-10-15(14)18(20)24/h2-10H,11H2,1H3. The molecule has 0 saturated heterocycles. The maximum Gasteiger partial charge on any atom is 0.281 e. The van der Waals surface area contributed by atoms with Crippen LogP contribution < -0.4 is 0 Å². The first-order valence-corrected chi connectivity index (χ1v) is 7.36. The molecule has 24 heavy (non-hydrogen) atoms. The Labute approximate surface area is 138 Å². The zero-order chi connectivity index (χ0) is 17.3. The summed E-state index contributed by atoms with van der Waals surface area (Å²) in [5, 5.41) is 1.25. The third-order valence-corrected chi connectivity index (χ3v) is 3.71. The molecule has 120 valence electrons. The summed E-state index contributed by atoms with van der Waals surface area (Å²) < 4.78 is 0. The Hall–Kier alpha value is -3.28. The summed E-state index contributed by atoms with van der Waals surface area (Å²) in [5.41, 5.74) is 1.05. The highest BCUT2D eigenvalue weighted by atomic mass is 16.2. The number of carbonyl (C=O) groups excluding carboxylic acids is 4. The number of rotatable bonds is 3. The van der Waals surface area contributed by atoms with Gasteiger partial charge in [-0.25, -0.2) is 0 Å². The smallest absolute Gasteiger partial charge is 0.273 e. The molecular weight excluding hydrogens is 308 g/mol. The first-order chi connectivity index (χ1) is 11.5. The van der Waals surface area contributed by atoms with Crippen LogP contribution in [0.5, 0.6) is 0 Å². The lowest BCUT2D eigenvalue weighted by Crippen LogP contribution is -2.52. The maximum atomic E-state index is 12.5. The van der Waals surface area contributed by atoms with E-state index in [0.717, 1.165) is 6.92 Å². The highest BCUT2D eigenvalue weighted by molar-refractivity contribution is 6.23. The average Bonchev–Trinajstić information content (AvgIpc) is 2.81. The van der Waals surface area contributed by atoms with Crippen molar-refractivity contribution in [1.82, 2.24) is 10.0 Å². The van der Waals surface area contributed by atoms with Gasteiger partial charge >= 0.3 is 0 Å². The van der Waals surface area contributed by atoms with Crippen LogP contribution in [0, 0.1) is 0 Å². The maximum absolute atomic E-state index is 12.5. The van der Waals surface area contributed by atoms with Crippen LogP contribution in [0.2, 0.25) is 0 Å². The van der Waals surface area contributed by atoms with E-state index in [1.165, 1.54) is 12.1 Å². The van der Waals surface area contributed by atoms with Gasteiger partial charge in [0.25, 0.3) is 17.7 Å². The number of amides is 4. The minimum Gasteiger partial charge on any atom is -0.273 e. The first kappa shape index (κ1) is 15.6. The lowest BCUT2D eigenvalue weighted by Gasteiger charge is -2.26. The molecule has 0 aliphatic carbocycles. The molecule has 0 bridgehead atoms. The summed E-state index contributed by atoms with van der Waals surface area (Å²) >= 11 is 0.